The molecule has 0 bridgehead atoms. The van der Waals surface area contributed by atoms with Crippen molar-refractivity contribution in [1.82, 2.24) is 0 Å². The molecule has 0 aliphatic heterocycles. The first kappa shape index (κ1) is 21.7. The average Bonchev–Trinajstić information content (AvgIpc) is 2.44. The van der Waals surface area contributed by atoms with Crippen molar-refractivity contribution in [1.29, 1.82) is 0 Å². The molecule has 0 aromatic heterocycles. The molecule has 4 nitrogen and oxygen atoms in total. The highest BCUT2D eigenvalue weighted by Crippen LogP contribution is 2.01. The molecule has 4 heteroatoms. The van der Waals surface area contributed by atoms with Gasteiger partial charge >= 0.3 is 5.97 Å². The number of hydrogen-bond acceptors (Lipinski definition) is 4. The Hall–Kier alpha value is -0.610. The fourth-order valence-corrected chi connectivity index (χ4v) is 1.55. The molecule has 1 N–H and O–H groups in total. The Morgan fingerprint density at radius 2 is 1.35 bits per heavy atom. The van der Waals surface area contributed by atoms with Gasteiger partial charge in [-0.1, -0.05) is 52.4 Å². The summed E-state index contributed by atoms with van der Waals surface area (Å²) in [4.78, 5) is 9.87. The van der Waals surface area contributed by atoms with Gasteiger partial charge in [-0.3, -0.25) is 4.79 Å². The zero-order valence-electron chi connectivity index (χ0n) is 13.7. The highest BCUT2D eigenvalue weighted by atomic mass is 16.5. The number of esters is 1. The smallest absolute Gasteiger partial charge is 0.302 e. The summed E-state index contributed by atoms with van der Waals surface area (Å²) in [5.74, 6) is -0.353. The topological polar surface area (TPSA) is 55.8 Å². The zero-order chi connectivity index (χ0) is 15.5. The first-order valence-electron chi connectivity index (χ1n) is 8.00. The third-order valence-electron chi connectivity index (χ3n) is 2.68. The molecule has 0 atom stereocenters. The molecule has 0 fully saturated rings. The molecule has 0 aliphatic carbocycles. The van der Waals surface area contributed by atoms with Crippen molar-refractivity contribution in [3.05, 3.63) is 0 Å². The maximum Gasteiger partial charge on any atom is 0.302 e. The van der Waals surface area contributed by atoms with Crippen molar-refractivity contribution in [2.45, 2.75) is 72.1 Å². The Balaban J connectivity index is 0. The Labute approximate surface area is 124 Å². The van der Waals surface area contributed by atoms with E-state index in [4.69, 9.17) is 9.84 Å². The summed E-state index contributed by atoms with van der Waals surface area (Å²) in [7, 11) is 0. The van der Waals surface area contributed by atoms with Gasteiger partial charge in [0.25, 0.3) is 0 Å². The van der Waals surface area contributed by atoms with Gasteiger partial charge in [-0.05, 0) is 12.8 Å². The molecule has 0 aromatic carbocycles. The molecule has 0 heterocycles. The van der Waals surface area contributed by atoms with E-state index in [1.165, 1.54) is 58.3 Å². The van der Waals surface area contributed by atoms with E-state index in [9.17, 15) is 4.79 Å². The number of unbranched alkanes of at least 4 members (excludes halogenated alkanes) is 6. The van der Waals surface area contributed by atoms with Gasteiger partial charge in [-0.15, -0.1) is 0 Å². The first-order valence-corrected chi connectivity index (χ1v) is 8.00. The van der Waals surface area contributed by atoms with Gasteiger partial charge in [0.1, 0.15) is 6.61 Å². The minimum Gasteiger partial charge on any atom is -0.463 e. The Morgan fingerprint density at radius 1 is 0.850 bits per heavy atom. The van der Waals surface area contributed by atoms with Gasteiger partial charge in [0, 0.05) is 20.1 Å². The van der Waals surface area contributed by atoms with Crippen LogP contribution in [-0.2, 0) is 14.3 Å². The molecule has 20 heavy (non-hydrogen) atoms. The lowest BCUT2D eigenvalue weighted by molar-refractivity contribution is -0.141. The van der Waals surface area contributed by atoms with E-state index < -0.39 is 0 Å². The molecule has 0 spiro atoms. The van der Waals surface area contributed by atoms with E-state index in [0.717, 1.165) is 13.2 Å². The second kappa shape index (κ2) is 20.7. The number of rotatable bonds is 12. The van der Waals surface area contributed by atoms with Crippen LogP contribution in [0.5, 0.6) is 0 Å². The van der Waals surface area contributed by atoms with Crippen molar-refractivity contribution >= 4 is 5.97 Å². The van der Waals surface area contributed by atoms with Crippen LogP contribution < -0.4 is 0 Å². The standard InChI is InChI=1S/C12H26O.C4H8O3/c1-3-5-7-9-11-13-12-10-8-6-4-2;1-4(6)7-3-2-5/h3-12H2,1-2H3;5H,2-3H2,1H3. The largest absolute Gasteiger partial charge is 0.463 e. The SMILES string of the molecule is CC(=O)OCCO.CCCCCCOCCCCCC. The fraction of sp³-hybridized carbons (Fsp3) is 0.938. The summed E-state index contributed by atoms with van der Waals surface area (Å²) in [6.45, 7) is 7.75. The van der Waals surface area contributed by atoms with E-state index >= 15 is 0 Å². The maximum absolute atomic E-state index is 9.87. The average molecular weight is 290 g/mol. The molecule has 0 aromatic rings. The van der Waals surface area contributed by atoms with E-state index in [1.807, 2.05) is 0 Å². The van der Waals surface area contributed by atoms with Gasteiger partial charge in [0.05, 0.1) is 6.61 Å². The predicted octanol–water partition coefficient (Wildman–Crippen LogP) is 3.71. The minimum absolute atomic E-state index is 0.0976. The van der Waals surface area contributed by atoms with E-state index in [0.29, 0.717) is 0 Å². The lowest BCUT2D eigenvalue weighted by Crippen LogP contribution is -2.03. The quantitative estimate of drug-likeness (QED) is 0.440. The molecule has 0 saturated heterocycles. The van der Waals surface area contributed by atoms with Gasteiger partial charge < -0.3 is 14.6 Å². The second-order valence-corrected chi connectivity index (χ2v) is 4.80. The summed E-state index contributed by atoms with van der Waals surface area (Å²) in [6.07, 6.45) is 10.5. The molecule has 0 amide bonds. The molecule has 0 saturated carbocycles. The monoisotopic (exact) mass is 290 g/mol. The van der Waals surface area contributed by atoms with Crippen LogP contribution in [0.2, 0.25) is 0 Å². The van der Waals surface area contributed by atoms with Crippen LogP contribution in [0.1, 0.15) is 72.1 Å². The van der Waals surface area contributed by atoms with E-state index in [-0.39, 0.29) is 19.2 Å². The van der Waals surface area contributed by atoms with Gasteiger partial charge in [-0.2, -0.15) is 0 Å². The molecular formula is C16H34O4. The number of ether oxygens (including phenoxy) is 2. The van der Waals surface area contributed by atoms with Crippen molar-refractivity contribution in [2.24, 2.45) is 0 Å². The number of carbonyl (C=O) groups is 1. The lowest BCUT2D eigenvalue weighted by atomic mass is 10.2. The summed E-state index contributed by atoms with van der Waals surface area (Å²) >= 11 is 0. The first-order chi connectivity index (χ1) is 9.68. The number of hydrogen-bond donors (Lipinski definition) is 1. The number of carbonyl (C=O) groups excluding carboxylic acids is 1. The third-order valence-corrected chi connectivity index (χ3v) is 2.68. The van der Waals surface area contributed by atoms with Crippen molar-refractivity contribution in [3.63, 3.8) is 0 Å². The Bertz CT molecular complexity index is 173. The summed E-state index contributed by atoms with van der Waals surface area (Å²) in [5.41, 5.74) is 0. The van der Waals surface area contributed by atoms with Crippen LogP contribution in [-0.4, -0.2) is 37.5 Å². The molecular weight excluding hydrogens is 256 g/mol. The van der Waals surface area contributed by atoms with Crippen molar-refractivity contribution in [2.75, 3.05) is 26.4 Å². The number of aliphatic hydroxyl groups is 1. The van der Waals surface area contributed by atoms with Gasteiger partial charge in [0.2, 0.25) is 0 Å². The fourth-order valence-electron chi connectivity index (χ4n) is 1.55. The van der Waals surface area contributed by atoms with Crippen LogP contribution in [0.15, 0.2) is 0 Å². The van der Waals surface area contributed by atoms with Crippen LogP contribution in [0, 0.1) is 0 Å². The van der Waals surface area contributed by atoms with Gasteiger partial charge in [0.15, 0.2) is 0 Å². The third kappa shape index (κ3) is 26.1. The summed E-state index contributed by atoms with van der Waals surface area (Å²) in [5, 5.41) is 8.04. The molecule has 0 rings (SSSR count). The van der Waals surface area contributed by atoms with E-state index in [2.05, 4.69) is 18.6 Å². The lowest BCUT2D eigenvalue weighted by Gasteiger charge is -2.03. The molecule has 122 valence electrons. The van der Waals surface area contributed by atoms with Crippen LogP contribution in [0.25, 0.3) is 0 Å². The zero-order valence-corrected chi connectivity index (χ0v) is 13.7. The molecule has 0 aliphatic rings. The van der Waals surface area contributed by atoms with Crippen molar-refractivity contribution in [3.8, 4) is 0 Å². The van der Waals surface area contributed by atoms with Crippen LogP contribution >= 0.6 is 0 Å². The highest BCUT2D eigenvalue weighted by Gasteiger charge is 1.90. The van der Waals surface area contributed by atoms with Crippen molar-refractivity contribution < 1.29 is 19.4 Å². The minimum atomic E-state index is -0.353. The van der Waals surface area contributed by atoms with Crippen LogP contribution in [0.4, 0.5) is 0 Å². The Morgan fingerprint density at radius 3 is 1.65 bits per heavy atom. The highest BCUT2D eigenvalue weighted by molar-refractivity contribution is 5.65. The maximum atomic E-state index is 9.87. The second-order valence-electron chi connectivity index (χ2n) is 4.80. The van der Waals surface area contributed by atoms with Gasteiger partial charge in [-0.25, -0.2) is 0 Å². The summed E-state index contributed by atoms with van der Waals surface area (Å²) < 4.78 is 9.83. The summed E-state index contributed by atoms with van der Waals surface area (Å²) in [6, 6.07) is 0. The predicted molar refractivity (Wildman–Crippen MR) is 82.8 cm³/mol. The Kier molecular flexibility index (Phi) is 22.4. The normalized spacial score (nSPS) is 9.80. The molecule has 0 unspecified atom stereocenters. The number of aliphatic hydroxyl groups excluding tert-OH is 1. The van der Waals surface area contributed by atoms with E-state index in [1.54, 1.807) is 0 Å². The van der Waals surface area contributed by atoms with Crippen LogP contribution in [0.3, 0.4) is 0 Å². The molecule has 0 radical (unpaired) electrons.